The Morgan fingerprint density at radius 3 is 2.47 bits per heavy atom. The highest BCUT2D eigenvalue weighted by Crippen LogP contribution is 2.25. The van der Waals surface area contributed by atoms with E-state index in [9.17, 15) is 0 Å². The van der Waals surface area contributed by atoms with Crippen LogP contribution in [0, 0.1) is 6.92 Å². The summed E-state index contributed by atoms with van der Waals surface area (Å²) in [5.74, 6) is 1.30. The number of aryl methyl sites for hydroxylation is 1. The van der Waals surface area contributed by atoms with Crippen LogP contribution < -0.4 is 15.4 Å². The zero-order valence-corrected chi connectivity index (χ0v) is 19.4. The third-order valence-electron chi connectivity index (χ3n) is 4.44. The molecule has 8 heteroatoms. The molecule has 0 fully saturated rings. The molecule has 164 valence electrons. The van der Waals surface area contributed by atoms with Crippen LogP contribution in [0.25, 0.3) is 5.69 Å². The van der Waals surface area contributed by atoms with Gasteiger partial charge in [-0.1, -0.05) is 6.07 Å². The molecule has 2 heterocycles. The lowest BCUT2D eigenvalue weighted by Crippen LogP contribution is -2.29. The third-order valence-corrected chi connectivity index (χ3v) is 5.64. The van der Waals surface area contributed by atoms with Gasteiger partial charge in [-0.15, -0.1) is 0 Å². The van der Waals surface area contributed by atoms with Gasteiger partial charge in [-0.25, -0.2) is 9.67 Å². The molecule has 7 nitrogen and oxygen atoms in total. The van der Waals surface area contributed by atoms with E-state index in [2.05, 4.69) is 63.3 Å². The highest BCUT2D eigenvalue weighted by molar-refractivity contribution is 7.97. The first-order valence-corrected chi connectivity index (χ1v) is 11.2. The quantitative estimate of drug-likeness (QED) is 0.308. The van der Waals surface area contributed by atoms with Crippen molar-refractivity contribution in [2.75, 3.05) is 10.6 Å². The van der Waals surface area contributed by atoms with Gasteiger partial charge >= 0.3 is 0 Å². The van der Waals surface area contributed by atoms with Gasteiger partial charge in [0.15, 0.2) is 0 Å². The summed E-state index contributed by atoms with van der Waals surface area (Å²) in [6.07, 6.45) is 5.49. The molecule has 4 rings (SSSR count). The van der Waals surface area contributed by atoms with Crippen LogP contribution in [0.15, 0.2) is 78.1 Å². The molecule has 2 aromatic carbocycles. The zero-order valence-electron chi connectivity index (χ0n) is 18.6. The molecule has 0 aliphatic heterocycles. The van der Waals surface area contributed by atoms with Crippen molar-refractivity contribution in [2.24, 2.45) is 0 Å². The number of hydrogen-bond acceptors (Lipinski definition) is 7. The Labute approximate surface area is 192 Å². The molecule has 3 N–H and O–H groups in total. The van der Waals surface area contributed by atoms with Gasteiger partial charge in [-0.2, -0.15) is 10.1 Å². The van der Waals surface area contributed by atoms with Gasteiger partial charge in [0.05, 0.1) is 5.69 Å². The topological polar surface area (TPSA) is 79.7 Å². The van der Waals surface area contributed by atoms with Crippen LogP contribution in [0.1, 0.15) is 26.3 Å². The second kappa shape index (κ2) is 9.42. The molecule has 0 amide bonds. The molecule has 2 aromatic heterocycles. The van der Waals surface area contributed by atoms with E-state index in [4.69, 9.17) is 0 Å². The van der Waals surface area contributed by atoms with Crippen molar-refractivity contribution in [3.05, 3.63) is 78.8 Å². The number of rotatable bonds is 7. The Hall–Kier alpha value is -3.36. The van der Waals surface area contributed by atoms with Gasteiger partial charge in [0, 0.05) is 46.0 Å². The number of nitrogens with one attached hydrogen (secondary N) is 3. The summed E-state index contributed by atoms with van der Waals surface area (Å²) in [6, 6.07) is 18.1. The first kappa shape index (κ1) is 21.9. The Morgan fingerprint density at radius 2 is 1.75 bits per heavy atom. The van der Waals surface area contributed by atoms with Crippen molar-refractivity contribution in [3.8, 4) is 5.69 Å². The molecular formula is C24H27N7S. The Morgan fingerprint density at radius 1 is 0.938 bits per heavy atom. The Kier molecular flexibility index (Phi) is 6.43. The molecule has 0 spiro atoms. The first-order valence-electron chi connectivity index (χ1n) is 10.4. The van der Waals surface area contributed by atoms with Crippen LogP contribution in [0.5, 0.6) is 0 Å². The molecule has 0 atom stereocenters. The number of hydrogen-bond donors (Lipinski definition) is 3. The summed E-state index contributed by atoms with van der Waals surface area (Å²) in [5.41, 5.74) is 3.88. The van der Waals surface area contributed by atoms with Crippen molar-refractivity contribution >= 4 is 35.1 Å². The summed E-state index contributed by atoms with van der Waals surface area (Å²) in [7, 11) is 0. The van der Waals surface area contributed by atoms with Crippen LogP contribution in [-0.2, 0) is 0 Å². The summed E-state index contributed by atoms with van der Waals surface area (Å²) >= 11 is 1.62. The van der Waals surface area contributed by atoms with E-state index in [0.29, 0.717) is 5.95 Å². The number of benzene rings is 2. The molecule has 0 radical (unpaired) electrons. The molecule has 4 aromatic rings. The van der Waals surface area contributed by atoms with Gasteiger partial charge in [0.1, 0.15) is 5.82 Å². The van der Waals surface area contributed by atoms with Gasteiger partial charge < -0.3 is 10.6 Å². The minimum absolute atomic E-state index is 0.0362. The largest absolute Gasteiger partial charge is 0.340 e. The van der Waals surface area contributed by atoms with Crippen molar-refractivity contribution in [1.29, 1.82) is 0 Å². The SMILES string of the molecule is Cc1cnc(Nc2ccc(-n3cccn3)cc2)nc1Nc1cccc(SNC(C)(C)C)c1. The Balaban J connectivity index is 1.46. The molecule has 0 unspecified atom stereocenters. The maximum atomic E-state index is 4.68. The third kappa shape index (κ3) is 5.87. The molecule has 0 saturated heterocycles. The molecule has 0 bridgehead atoms. The van der Waals surface area contributed by atoms with Crippen molar-refractivity contribution < 1.29 is 0 Å². The fourth-order valence-corrected chi connectivity index (χ4v) is 3.62. The predicted octanol–water partition coefficient (Wildman–Crippen LogP) is 5.85. The molecule has 0 aliphatic rings. The lowest BCUT2D eigenvalue weighted by Gasteiger charge is -2.19. The normalized spacial score (nSPS) is 11.4. The van der Waals surface area contributed by atoms with E-state index < -0.39 is 0 Å². The maximum absolute atomic E-state index is 4.68. The highest BCUT2D eigenvalue weighted by Gasteiger charge is 2.10. The van der Waals surface area contributed by atoms with E-state index >= 15 is 0 Å². The summed E-state index contributed by atoms with van der Waals surface area (Å²) in [6.45, 7) is 8.42. The average molecular weight is 446 g/mol. The zero-order chi connectivity index (χ0) is 22.6. The molecule has 0 saturated carbocycles. The van der Waals surface area contributed by atoms with Crippen LogP contribution in [0.3, 0.4) is 0 Å². The predicted molar refractivity (Wildman–Crippen MR) is 132 cm³/mol. The smallest absolute Gasteiger partial charge is 0.229 e. The molecule has 32 heavy (non-hydrogen) atoms. The monoisotopic (exact) mass is 445 g/mol. The summed E-state index contributed by atoms with van der Waals surface area (Å²) < 4.78 is 5.25. The van der Waals surface area contributed by atoms with E-state index in [-0.39, 0.29) is 5.54 Å². The first-order chi connectivity index (χ1) is 15.4. The minimum atomic E-state index is 0.0362. The number of aromatic nitrogens is 4. The number of nitrogens with zero attached hydrogens (tertiary/aromatic N) is 4. The van der Waals surface area contributed by atoms with Crippen LogP contribution in [-0.4, -0.2) is 25.3 Å². The lowest BCUT2D eigenvalue weighted by molar-refractivity contribution is 0.535. The maximum Gasteiger partial charge on any atom is 0.229 e. The van der Waals surface area contributed by atoms with Gasteiger partial charge in [-0.05, 0) is 88.2 Å². The van der Waals surface area contributed by atoms with E-state index in [1.165, 1.54) is 0 Å². The van der Waals surface area contributed by atoms with Crippen LogP contribution in [0.4, 0.5) is 23.1 Å². The van der Waals surface area contributed by atoms with Gasteiger partial charge in [0.25, 0.3) is 0 Å². The molecular weight excluding hydrogens is 418 g/mol. The number of anilines is 4. The van der Waals surface area contributed by atoms with Crippen LogP contribution >= 0.6 is 11.9 Å². The molecule has 0 aliphatic carbocycles. The van der Waals surface area contributed by atoms with Crippen molar-refractivity contribution in [3.63, 3.8) is 0 Å². The lowest BCUT2D eigenvalue weighted by atomic mass is 10.1. The fraction of sp³-hybridized carbons (Fsp3) is 0.208. The summed E-state index contributed by atoms with van der Waals surface area (Å²) in [4.78, 5) is 10.2. The van der Waals surface area contributed by atoms with Gasteiger partial charge in [-0.3, -0.25) is 4.72 Å². The average Bonchev–Trinajstić information content (AvgIpc) is 3.30. The van der Waals surface area contributed by atoms with E-state index in [0.717, 1.165) is 33.3 Å². The second-order valence-electron chi connectivity index (χ2n) is 8.45. The van der Waals surface area contributed by atoms with Crippen molar-refractivity contribution in [2.45, 2.75) is 38.1 Å². The summed E-state index contributed by atoms with van der Waals surface area (Å²) in [5, 5.41) is 10.9. The fourth-order valence-electron chi connectivity index (χ4n) is 2.86. The highest BCUT2D eigenvalue weighted by atomic mass is 32.2. The van der Waals surface area contributed by atoms with Gasteiger partial charge in [0.2, 0.25) is 5.95 Å². The second-order valence-corrected chi connectivity index (χ2v) is 9.33. The van der Waals surface area contributed by atoms with E-state index in [1.807, 2.05) is 66.5 Å². The Bertz CT molecular complexity index is 1170. The minimum Gasteiger partial charge on any atom is -0.340 e. The van der Waals surface area contributed by atoms with Crippen LogP contribution in [0.2, 0.25) is 0 Å². The standard InChI is InChI=1S/C24H27N7S/c1-17-16-25-23(28-18-9-11-20(12-10-18)31-14-6-13-26-31)29-22(17)27-19-7-5-8-21(15-19)32-30-24(2,3)4/h5-16,30H,1-4H3,(H2,25,27,28,29). The van der Waals surface area contributed by atoms with E-state index in [1.54, 1.807) is 18.1 Å². The van der Waals surface area contributed by atoms with Crippen molar-refractivity contribution in [1.82, 2.24) is 24.5 Å².